The number of anilines is 1. The number of carboxylic acids is 1. The fourth-order valence-electron chi connectivity index (χ4n) is 4.30. The van der Waals surface area contributed by atoms with Gasteiger partial charge in [0.05, 0.1) is 17.7 Å². The van der Waals surface area contributed by atoms with E-state index in [1.165, 1.54) is 67.6 Å². The number of rotatable bonds is 9. The first-order chi connectivity index (χ1) is 17.6. The fraction of sp³-hybridized carbons (Fsp3) is 0.296. The van der Waals surface area contributed by atoms with Crippen molar-refractivity contribution in [1.29, 1.82) is 0 Å². The Kier molecular flexibility index (Phi) is 7.65. The van der Waals surface area contributed by atoms with E-state index in [0.29, 0.717) is 18.0 Å². The molecule has 0 saturated heterocycles. The maximum Gasteiger partial charge on any atom is 0.335 e. The lowest BCUT2D eigenvalue weighted by atomic mass is 9.93. The Morgan fingerprint density at radius 1 is 1.19 bits per heavy atom. The number of Topliss-reactive ketones (excluding diaryl/α,β-unsaturated/α-hetero) is 1. The molecule has 1 amide bonds. The number of carbonyl (C=O) groups is 3. The van der Waals surface area contributed by atoms with E-state index in [2.05, 4.69) is 5.32 Å². The fourth-order valence-corrected chi connectivity index (χ4v) is 4.46. The Hall–Kier alpha value is -3.69. The number of aromatic carboxylic acids is 1. The average molecular weight is 529 g/mol. The number of halogens is 2. The number of ketones is 1. The molecule has 1 saturated carbocycles. The molecule has 10 heteroatoms. The number of ether oxygens (including phenoxy) is 1. The molecule has 2 aromatic rings. The molecule has 1 aliphatic carbocycles. The Bertz CT molecular complexity index is 1300. The van der Waals surface area contributed by atoms with Gasteiger partial charge < -0.3 is 25.2 Å². The highest BCUT2D eigenvalue weighted by Crippen LogP contribution is 2.39. The minimum absolute atomic E-state index is 0.0776. The summed E-state index contributed by atoms with van der Waals surface area (Å²) in [6, 6.07) is 7.64. The molecular formula is C27H26ClFN2O6. The molecule has 2 aromatic carbocycles. The van der Waals surface area contributed by atoms with Crippen molar-refractivity contribution >= 4 is 40.5 Å². The van der Waals surface area contributed by atoms with E-state index in [4.69, 9.17) is 21.4 Å². The first kappa shape index (κ1) is 26.4. The maximum atomic E-state index is 15.1. The van der Waals surface area contributed by atoms with E-state index in [-0.39, 0.29) is 33.0 Å². The van der Waals surface area contributed by atoms with Gasteiger partial charge in [-0.25, -0.2) is 9.18 Å². The molecule has 0 spiro atoms. The van der Waals surface area contributed by atoms with Gasteiger partial charge in [0.15, 0.2) is 5.78 Å². The molecular weight excluding hydrogens is 503 g/mol. The van der Waals surface area contributed by atoms with Crippen LogP contribution in [0.4, 0.5) is 10.1 Å². The molecule has 0 bridgehead atoms. The van der Waals surface area contributed by atoms with E-state index in [0.717, 1.165) is 12.8 Å². The summed E-state index contributed by atoms with van der Waals surface area (Å²) in [5, 5.41) is 22.8. The quantitative estimate of drug-likeness (QED) is 0.404. The number of hydrogen-bond donors (Lipinski definition) is 3. The van der Waals surface area contributed by atoms with Crippen molar-refractivity contribution in [3.63, 3.8) is 0 Å². The molecule has 0 radical (unpaired) electrons. The van der Waals surface area contributed by atoms with E-state index < -0.39 is 35.7 Å². The number of methoxy groups -OCH3 is 1. The summed E-state index contributed by atoms with van der Waals surface area (Å²) in [4.78, 5) is 38.1. The Labute approximate surface area is 218 Å². The molecule has 2 aliphatic rings. The van der Waals surface area contributed by atoms with E-state index in [1.54, 1.807) is 0 Å². The standard InChI is InChI=1S/C27H26ClFN2O6/c1-14(32)18-9-10-20(28)25(29)24(18)19-12-23(33)31(13-22(19)37-2)21(11-15-3-4-15)26(34)30-17-7-5-16(6-8-17)27(35)36/h5-10,12-13,15,21,23,33H,3-4,11H2,1-2H3,(H,30,34)(H,35,36). The number of amides is 1. The van der Waals surface area contributed by atoms with Crippen molar-refractivity contribution in [2.75, 3.05) is 12.4 Å². The van der Waals surface area contributed by atoms with Crippen molar-refractivity contribution in [3.8, 4) is 0 Å². The summed E-state index contributed by atoms with van der Waals surface area (Å²) < 4.78 is 20.6. The van der Waals surface area contributed by atoms with Crippen LogP contribution in [0.1, 0.15) is 52.5 Å². The third kappa shape index (κ3) is 5.68. The molecule has 1 fully saturated rings. The van der Waals surface area contributed by atoms with Crippen LogP contribution >= 0.6 is 11.6 Å². The second kappa shape index (κ2) is 10.7. The molecule has 2 atom stereocenters. The second-order valence-corrected chi connectivity index (χ2v) is 9.45. The third-order valence-electron chi connectivity index (χ3n) is 6.43. The second-order valence-electron chi connectivity index (χ2n) is 9.05. The van der Waals surface area contributed by atoms with Gasteiger partial charge >= 0.3 is 5.97 Å². The largest absolute Gasteiger partial charge is 0.495 e. The lowest BCUT2D eigenvalue weighted by Gasteiger charge is -2.36. The van der Waals surface area contributed by atoms with Crippen LogP contribution in [0.15, 0.2) is 54.4 Å². The van der Waals surface area contributed by atoms with Gasteiger partial charge in [-0.3, -0.25) is 9.59 Å². The lowest BCUT2D eigenvalue weighted by molar-refractivity contribution is -0.123. The highest BCUT2D eigenvalue weighted by atomic mass is 35.5. The van der Waals surface area contributed by atoms with Crippen LogP contribution in [0, 0.1) is 11.7 Å². The van der Waals surface area contributed by atoms with Gasteiger partial charge in [0.2, 0.25) is 5.91 Å². The monoisotopic (exact) mass is 528 g/mol. The van der Waals surface area contributed by atoms with Crippen LogP contribution in [0.5, 0.6) is 0 Å². The first-order valence-electron chi connectivity index (χ1n) is 11.7. The maximum absolute atomic E-state index is 15.1. The molecule has 4 rings (SSSR count). The summed E-state index contributed by atoms with van der Waals surface area (Å²) in [6.45, 7) is 1.30. The molecule has 37 heavy (non-hydrogen) atoms. The number of aliphatic hydroxyl groups is 1. The number of aliphatic hydroxyl groups excluding tert-OH is 1. The Morgan fingerprint density at radius 2 is 1.86 bits per heavy atom. The molecule has 8 nitrogen and oxygen atoms in total. The minimum Gasteiger partial charge on any atom is -0.495 e. The van der Waals surface area contributed by atoms with Gasteiger partial charge in [0, 0.05) is 28.6 Å². The Balaban J connectivity index is 1.66. The number of carboxylic acid groups (broad SMARTS) is 1. The number of allylic oxidation sites excluding steroid dienone is 1. The van der Waals surface area contributed by atoms with Crippen LogP contribution in [-0.4, -0.2) is 52.2 Å². The average Bonchev–Trinajstić information content (AvgIpc) is 3.68. The smallest absolute Gasteiger partial charge is 0.335 e. The van der Waals surface area contributed by atoms with E-state index >= 15 is 4.39 Å². The van der Waals surface area contributed by atoms with Crippen molar-refractivity contribution in [2.24, 2.45) is 5.92 Å². The molecule has 194 valence electrons. The topological polar surface area (TPSA) is 116 Å². The van der Waals surface area contributed by atoms with E-state index in [9.17, 15) is 19.5 Å². The summed E-state index contributed by atoms with van der Waals surface area (Å²) in [7, 11) is 1.37. The van der Waals surface area contributed by atoms with Gasteiger partial charge in [-0.2, -0.15) is 0 Å². The van der Waals surface area contributed by atoms with Crippen molar-refractivity contribution in [2.45, 2.75) is 38.5 Å². The Morgan fingerprint density at radius 3 is 2.43 bits per heavy atom. The number of hydrogen-bond acceptors (Lipinski definition) is 6. The highest BCUT2D eigenvalue weighted by Gasteiger charge is 2.37. The van der Waals surface area contributed by atoms with E-state index in [1.807, 2.05) is 0 Å². The number of carbonyl (C=O) groups excluding carboxylic acids is 2. The van der Waals surface area contributed by atoms with Gasteiger partial charge in [-0.05, 0) is 61.7 Å². The van der Waals surface area contributed by atoms with Crippen LogP contribution in [0.25, 0.3) is 5.57 Å². The SMILES string of the molecule is COC1=CN(C(CC2CC2)C(=O)Nc2ccc(C(=O)O)cc2)C(O)C=C1c1c(C(C)=O)ccc(Cl)c1F. The van der Waals surface area contributed by atoms with Crippen molar-refractivity contribution in [1.82, 2.24) is 4.90 Å². The summed E-state index contributed by atoms with van der Waals surface area (Å²) in [5.41, 5.74) is 0.623. The van der Waals surface area contributed by atoms with Gasteiger partial charge in [0.1, 0.15) is 23.8 Å². The molecule has 1 aliphatic heterocycles. The number of nitrogens with one attached hydrogen (secondary N) is 1. The van der Waals surface area contributed by atoms with Gasteiger partial charge in [0.25, 0.3) is 0 Å². The molecule has 1 heterocycles. The van der Waals surface area contributed by atoms with Crippen LogP contribution < -0.4 is 5.32 Å². The van der Waals surface area contributed by atoms with Gasteiger partial charge in [-0.1, -0.05) is 24.4 Å². The predicted octanol–water partition coefficient (Wildman–Crippen LogP) is 4.69. The van der Waals surface area contributed by atoms with Crippen LogP contribution in [-0.2, 0) is 9.53 Å². The van der Waals surface area contributed by atoms with Gasteiger partial charge in [-0.15, -0.1) is 0 Å². The predicted molar refractivity (Wildman–Crippen MR) is 135 cm³/mol. The number of benzene rings is 2. The normalized spacial score (nSPS) is 18.0. The number of nitrogens with zero attached hydrogens (tertiary/aromatic N) is 1. The summed E-state index contributed by atoms with van der Waals surface area (Å²) in [6.07, 6.45) is 3.80. The van der Waals surface area contributed by atoms with Crippen molar-refractivity contribution in [3.05, 3.63) is 82.0 Å². The molecule has 0 aromatic heterocycles. The first-order valence-corrected chi connectivity index (χ1v) is 12.1. The molecule has 2 unspecified atom stereocenters. The van der Waals surface area contributed by atoms with Crippen molar-refractivity contribution < 1.29 is 33.7 Å². The third-order valence-corrected chi connectivity index (χ3v) is 6.72. The summed E-state index contributed by atoms with van der Waals surface area (Å²) in [5.74, 6) is -2.24. The zero-order chi connectivity index (χ0) is 26.9. The zero-order valence-corrected chi connectivity index (χ0v) is 21.0. The zero-order valence-electron chi connectivity index (χ0n) is 20.2. The summed E-state index contributed by atoms with van der Waals surface area (Å²) >= 11 is 5.99. The minimum atomic E-state index is -1.34. The van der Waals surface area contributed by atoms with Crippen LogP contribution in [0.2, 0.25) is 5.02 Å². The highest BCUT2D eigenvalue weighted by molar-refractivity contribution is 6.31. The molecule has 3 N–H and O–H groups in total. The van der Waals surface area contributed by atoms with Crippen LogP contribution in [0.3, 0.4) is 0 Å². The lowest BCUT2D eigenvalue weighted by Crippen LogP contribution is -2.47.